The number of rotatable bonds is 9. The van der Waals surface area contributed by atoms with Gasteiger partial charge in [0.15, 0.2) is 5.16 Å². The summed E-state index contributed by atoms with van der Waals surface area (Å²) in [5.74, 6) is 1.34. The number of carbonyl (C=O) groups excluding carboxylic acids is 1. The third kappa shape index (κ3) is 4.49. The molecule has 20 heavy (non-hydrogen) atoms. The summed E-state index contributed by atoms with van der Waals surface area (Å²) in [6.07, 6.45) is 1.97. The van der Waals surface area contributed by atoms with E-state index < -0.39 is 0 Å². The Kier molecular flexibility index (Phi) is 7.61. The summed E-state index contributed by atoms with van der Waals surface area (Å²) in [5, 5.41) is 8.92. The number of nitrogens with two attached hydrogens (primary N) is 1. The van der Waals surface area contributed by atoms with Crippen LogP contribution in [0, 0.1) is 0 Å². The van der Waals surface area contributed by atoms with Crippen LogP contribution in [0.4, 0.5) is 0 Å². The van der Waals surface area contributed by atoms with E-state index in [1.165, 1.54) is 11.8 Å². The van der Waals surface area contributed by atoms with E-state index in [1.807, 2.05) is 16.4 Å². The fourth-order valence-corrected chi connectivity index (χ4v) is 2.94. The second-order valence-electron chi connectivity index (χ2n) is 4.52. The van der Waals surface area contributed by atoms with Crippen molar-refractivity contribution in [2.24, 2.45) is 5.73 Å². The summed E-state index contributed by atoms with van der Waals surface area (Å²) >= 11 is 1.44. The molecule has 0 fully saturated rings. The molecule has 0 unspecified atom stereocenters. The van der Waals surface area contributed by atoms with Gasteiger partial charge >= 0.3 is 0 Å². The highest BCUT2D eigenvalue weighted by molar-refractivity contribution is 7.99. The fraction of sp³-hybridized carbons (Fsp3) is 0.769. The molecule has 0 radical (unpaired) electrons. The van der Waals surface area contributed by atoms with Crippen molar-refractivity contribution < 1.29 is 4.79 Å². The minimum absolute atomic E-state index is 0.165. The van der Waals surface area contributed by atoms with Crippen LogP contribution in [0.1, 0.15) is 39.4 Å². The van der Waals surface area contributed by atoms with Crippen molar-refractivity contribution >= 4 is 17.7 Å². The van der Waals surface area contributed by atoms with Gasteiger partial charge in [0.25, 0.3) is 0 Å². The SMILES string of the molecule is CCCN(CCC)C(=O)CSc1nnc(CN)n1CC. The van der Waals surface area contributed by atoms with Gasteiger partial charge in [-0.15, -0.1) is 10.2 Å². The van der Waals surface area contributed by atoms with Gasteiger partial charge in [-0.1, -0.05) is 25.6 Å². The van der Waals surface area contributed by atoms with Crippen molar-refractivity contribution in [1.82, 2.24) is 19.7 Å². The van der Waals surface area contributed by atoms with Gasteiger partial charge in [0, 0.05) is 19.6 Å². The zero-order chi connectivity index (χ0) is 15.0. The summed E-state index contributed by atoms with van der Waals surface area (Å²) < 4.78 is 1.96. The Morgan fingerprint density at radius 1 is 1.25 bits per heavy atom. The second-order valence-corrected chi connectivity index (χ2v) is 5.46. The Hall–Kier alpha value is -1.08. The van der Waals surface area contributed by atoms with Gasteiger partial charge < -0.3 is 15.2 Å². The molecule has 0 aromatic carbocycles. The van der Waals surface area contributed by atoms with Crippen LogP contribution in [0.15, 0.2) is 5.16 Å². The minimum Gasteiger partial charge on any atom is -0.342 e. The maximum Gasteiger partial charge on any atom is 0.233 e. The molecule has 1 heterocycles. The maximum absolute atomic E-state index is 12.2. The van der Waals surface area contributed by atoms with Crippen LogP contribution < -0.4 is 5.73 Å². The van der Waals surface area contributed by atoms with E-state index in [4.69, 9.17) is 5.73 Å². The highest BCUT2D eigenvalue weighted by atomic mass is 32.2. The molecule has 0 aliphatic heterocycles. The first-order valence-electron chi connectivity index (χ1n) is 7.20. The molecule has 0 aliphatic rings. The predicted molar refractivity (Wildman–Crippen MR) is 81.5 cm³/mol. The molecule has 7 heteroatoms. The lowest BCUT2D eigenvalue weighted by molar-refractivity contribution is -0.128. The lowest BCUT2D eigenvalue weighted by Gasteiger charge is -2.21. The number of hydrogen-bond acceptors (Lipinski definition) is 5. The zero-order valence-corrected chi connectivity index (χ0v) is 13.4. The molecule has 0 saturated carbocycles. The second kappa shape index (κ2) is 8.97. The minimum atomic E-state index is 0.165. The molecular weight excluding hydrogens is 274 g/mol. The van der Waals surface area contributed by atoms with Crippen molar-refractivity contribution in [2.45, 2.75) is 51.9 Å². The predicted octanol–water partition coefficient (Wildman–Crippen LogP) is 1.50. The molecule has 1 aromatic heterocycles. The summed E-state index contributed by atoms with van der Waals surface area (Å²) in [6.45, 7) is 8.98. The van der Waals surface area contributed by atoms with E-state index in [-0.39, 0.29) is 5.91 Å². The summed E-state index contributed by atoms with van der Waals surface area (Å²) in [7, 11) is 0. The molecule has 1 rings (SSSR count). The van der Waals surface area contributed by atoms with Gasteiger partial charge in [-0.05, 0) is 19.8 Å². The summed E-state index contributed by atoms with van der Waals surface area (Å²) in [4.78, 5) is 14.1. The number of thioether (sulfide) groups is 1. The first kappa shape index (κ1) is 17.0. The number of carbonyl (C=O) groups is 1. The van der Waals surface area contributed by atoms with Crippen molar-refractivity contribution in [3.63, 3.8) is 0 Å². The van der Waals surface area contributed by atoms with Gasteiger partial charge in [0.05, 0.1) is 12.3 Å². The number of hydrogen-bond donors (Lipinski definition) is 1. The van der Waals surface area contributed by atoms with Gasteiger partial charge in [0.1, 0.15) is 5.82 Å². The Balaban J connectivity index is 2.61. The monoisotopic (exact) mass is 299 g/mol. The molecule has 1 aromatic rings. The Labute approximate surface area is 125 Å². The van der Waals surface area contributed by atoms with Crippen molar-refractivity contribution in [3.8, 4) is 0 Å². The van der Waals surface area contributed by atoms with E-state index in [1.54, 1.807) is 0 Å². The van der Waals surface area contributed by atoms with Gasteiger partial charge in [-0.3, -0.25) is 4.79 Å². The number of amides is 1. The van der Waals surface area contributed by atoms with E-state index in [2.05, 4.69) is 24.0 Å². The molecular formula is C13H25N5OS. The molecule has 6 nitrogen and oxygen atoms in total. The van der Waals surface area contributed by atoms with Crippen LogP contribution in [-0.4, -0.2) is 44.4 Å². The van der Waals surface area contributed by atoms with Crippen LogP contribution in [-0.2, 0) is 17.9 Å². The van der Waals surface area contributed by atoms with Gasteiger partial charge in [0.2, 0.25) is 5.91 Å². The Morgan fingerprint density at radius 2 is 1.90 bits per heavy atom. The maximum atomic E-state index is 12.2. The highest BCUT2D eigenvalue weighted by Crippen LogP contribution is 2.17. The standard InChI is InChI=1S/C13H25N5OS/c1-4-7-17(8-5-2)12(19)10-20-13-16-15-11(9-14)18(13)6-3/h4-10,14H2,1-3H3. The van der Waals surface area contributed by atoms with Crippen molar-refractivity contribution in [3.05, 3.63) is 5.82 Å². The first-order valence-corrected chi connectivity index (χ1v) is 8.19. The smallest absolute Gasteiger partial charge is 0.233 e. The summed E-state index contributed by atoms with van der Waals surface area (Å²) in [6, 6.07) is 0. The van der Waals surface area contributed by atoms with Crippen LogP contribution >= 0.6 is 11.8 Å². The quantitative estimate of drug-likeness (QED) is 0.699. The van der Waals surface area contributed by atoms with Crippen LogP contribution in [0.5, 0.6) is 0 Å². The third-order valence-electron chi connectivity index (χ3n) is 2.96. The molecule has 0 spiro atoms. The normalized spacial score (nSPS) is 10.8. The molecule has 0 atom stereocenters. The van der Waals surface area contributed by atoms with E-state index in [9.17, 15) is 4.79 Å². The molecule has 114 valence electrons. The van der Waals surface area contributed by atoms with Crippen LogP contribution in [0.25, 0.3) is 0 Å². The fourth-order valence-electron chi connectivity index (χ4n) is 2.01. The topological polar surface area (TPSA) is 77.0 Å². The number of nitrogens with zero attached hydrogens (tertiary/aromatic N) is 4. The molecule has 1 amide bonds. The van der Waals surface area contributed by atoms with E-state index in [0.29, 0.717) is 12.3 Å². The van der Waals surface area contributed by atoms with Crippen molar-refractivity contribution in [2.75, 3.05) is 18.8 Å². The van der Waals surface area contributed by atoms with E-state index in [0.717, 1.165) is 43.5 Å². The molecule has 0 aliphatic carbocycles. The highest BCUT2D eigenvalue weighted by Gasteiger charge is 2.15. The summed E-state index contributed by atoms with van der Waals surface area (Å²) in [5.41, 5.74) is 5.62. The largest absolute Gasteiger partial charge is 0.342 e. The first-order chi connectivity index (χ1) is 9.67. The van der Waals surface area contributed by atoms with Crippen LogP contribution in [0.3, 0.4) is 0 Å². The average molecular weight is 299 g/mol. The lowest BCUT2D eigenvalue weighted by atomic mass is 10.3. The Bertz CT molecular complexity index is 415. The number of aromatic nitrogens is 3. The zero-order valence-electron chi connectivity index (χ0n) is 12.6. The molecule has 0 saturated heterocycles. The third-order valence-corrected chi connectivity index (χ3v) is 3.91. The van der Waals surface area contributed by atoms with Crippen LogP contribution in [0.2, 0.25) is 0 Å². The average Bonchev–Trinajstić information content (AvgIpc) is 2.86. The van der Waals surface area contributed by atoms with Crippen molar-refractivity contribution in [1.29, 1.82) is 0 Å². The Morgan fingerprint density at radius 3 is 2.40 bits per heavy atom. The van der Waals surface area contributed by atoms with Gasteiger partial charge in [-0.25, -0.2) is 0 Å². The molecule has 2 N–H and O–H groups in total. The van der Waals surface area contributed by atoms with E-state index >= 15 is 0 Å². The lowest BCUT2D eigenvalue weighted by Crippen LogP contribution is -2.33. The van der Waals surface area contributed by atoms with Gasteiger partial charge in [-0.2, -0.15) is 0 Å². The molecule has 0 bridgehead atoms.